The summed E-state index contributed by atoms with van der Waals surface area (Å²) in [6.07, 6.45) is 0. The number of para-hydroxylation sites is 2. The fourth-order valence-corrected chi connectivity index (χ4v) is 2.66. The first kappa shape index (κ1) is 20.9. The number of hydrogen-bond acceptors (Lipinski definition) is 5. The number of pyridine rings is 1. The number of rotatable bonds is 8. The van der Waals surface area contributed by atoms with Crippen molar-refractivity contribution in [1.82, 2.24) is 4.98 Å². The van der Waals surface area contributed by atoms with E-state index in [4.69, 9.17) is 9.47 Å². The number of benzene rings is 2. The summed E-state index contributed by atoms with van der Waals surface area (Å²) in [5.74, 6) is 1.22. The summed E-state index contributed by atoms with van der Waals surface area (Å²) in [4.78, 5) is 28.5. The van der Waals surface area contributed by atoms with Crippen LogP contribution in [0.3, 0.4) is 0 Å². The van der Waals surface area contributed by atoms with Crippen LogP contribution < -0.4 is 20.1 Å². The lowest BCUT2D eigenvalue weighted by Crippen LogP contribution is -2.23. The van der Waals surface area contributed by atoms with Gasteiger partial charge in [-0.05, 0) is 49.2 Å². The predicted molar refractivity (Wildman–Crippen MR) is 115 cm³/mol. The van der Waals surface area contributed by atoms with Gasteiger partial charge in [-0.15, -0.1) is 0 Å². The maximum Gasteiger partial charge on any atom is 0.263 e. The van der Waals surface area contributed by atoms with Gasteiger partial charge in [0.1, 0.15) is 23.1 Å². The molecular formula is C23H23N3O4. The number of hydrogen-bond donors (Lipinski definition) is 2. The van der Waals surface area contributed by atoms with E-state index in [0.29, 0.717) is 23.1 Å². The molecule has 0 bridgehead atoms. The highest BCUT2D eigenvalue weighted by atomic mass is 16.5. The maximum atomic E-state index is 12.1. The standard InChI is InChI=1S/C23H23N3O4/c1-16-8-3-5-10-18(16)29-14-22(27)25-20-12-7-13-21(24-20)26-23(28)15-30-19-11-6-4-9-17(19)2/h3-13H,14-15H2,1-2H3,(H2,24,25,26,27,28). The van der Waals surface area contributed by atoms with E-state index >= 15 is 0 Å². The average molecular weight is 405 g/mol. The zero-order valence-corrected chi connectivity index (χ0v) is 16.8. The van der Waals surface area contributed by atoms with Gasteiger partial charge >= 0.3 is 0 Å². The van der Waals surface area contributed by atoms with E-state index in [1.165, 1.54) is 0 Å². The number of amides is 2. The second kappa shape index (κ2) is 10.1. The summed E-state index contributed by atoms with van der Waals surface area (Å²) in [5, 5.41) is 5.31. The van der Waals surface area contributed by atoms with Crippen molar-refractivity contribution in [3.63, 3.8) is 0 Å². The minimum atomic E-state index is -0.350. The van der Waals surface area contributed by atoms with Gasteiger partial charge in [0, 0.05) is 0 Å². The van der Waals surface area contributed by atoms with E-state index in [1.54, 1.807) is 30.3 Å². The molecule has 0 unspecified atom stereocenters. The Morgan fingerprint density at radius 1 is 0.700 bits per heavy atom. The molecule has 7 nitrogen and oxygen atoms in total. The number of ether oxygens (including phenoxy) is 2. The van der Waals surface area contributed by atoms with Crippen LogP contribution in [0.4, 0.5) is 11.6 Å². The first-order chi connectivity index (χ1) is 14.5. The van der Waals surface area contributed by atoms with E-state index in [9.17, 15) is 9.59 Å². The highest BCUT2D eigenvalue weighted by Gasteiger charge is 2.09. The van der Waals surface area contributed by atoms with Crippen LogP contribution in [-0.2, 0) is 9.59 Å². The fraction of sp³-hybridized carbons (Fsp3) is 0.174. The number of anilines is 2. The minimum Gasteiger partial charge on any atom is -0.483 e. The van der Waals surface area contributed by atoms with Crippen LogP contribution in [0.2, 0.25) is 0 Å². The first-order valence-corrected chi connectivity index (χ1v) is 9.45. The van der Waals surface area contributed by atoms with Gasteiger partial charge in [-0.2, -0.15) is 0 Å². The molecule has 0 spiro atoms. The lowest BCUT2D eigenvalue weighted by molar-refractivity contribution is -0.118. The van der Waals surface area contributed by atoms with E-state index in [2.05, 4.69) is 15.6 Å². The third-order valence-electron chi connectivity index (χ3n) is 4.19. The number of aryl methyl sites for hydroxylation is 2. The molecule has 0 radical (unpaired) electrons. The molecule has 0 aliphatic rings. The van der Waals surface area contributed by atoms with Gasteiger partial charge in [0.2, 0.25) is 0 Å². The van der Waals surface area contributed by atoms with Crippen LogP contribution in [0.1, 0.15) is 11.1 Å². The molecule has 0 aliphatic carbocycles. The maximum absolute atomic E-state index is 12.1. The van der Waals surface area contributed by atoms with Gasteiger partial charge in [-0.3, -0.25) is 9.59 Å². The minimum absolute atomic E-state index is 0.145. The number of carbonyl (C=O) groups is 2. The average Bonchev–Trinajstić information content (AvgIpc) is 2.73. The molecule has 7 heteroatoms. The van der Waals surface area contributed by atoms with Crippen LogP contribution in [0, 0.1) is 13.8 Å². The topological polar surface area (TPSA) is 89.6 Å². The molecule has 2 N–H and O–H groups in total. The van der Waals surface area contributed by atoms with Crippen molar-refractivity contribution in [2.45, 2.75) is 13.8 Å². The zero-order chi connectivity index (χ0) is 21.3. The molecule has 2 amide bonds. The Hall–Kier alpha value is -3.87. The van der Waals surface area contributed by atoms with Gasteiger partial charge in [-0.1, -0.05) is 42.5 Å². The normalized spacial score (nSPS) is 10.2. The predicted octanol–water partition coefficient (Wildman–Crippen LogP) is 3.73. The molecule has 2 aromatic carbocycles. The second-order valence-electron chi connectivity index (χ2n) is 6.61. The van der Waals surface area contributed by atoms with Crippen molar-refractivity contribution in [1.29, 1.82) is 0 Å². The summed E-state index contributed by atoms with van der Waals surface area (Å²) in [6.45, 7) is 3.52. The third kappa shape index (κ3) is 6.07. The van der Waals surface area contributed by atoms with Gasteiger partial charge in [0.15, 0.2) is 13.2 Å². The first-order valence-electron chi connectivity index (χ1n) is 9.45. The molecule has 30 heavy (non-hydrogen) atoms. The lowest BCUT2D eigenvalue weighted by Gasteiger charge is -2.11. The van der Waals surface area contributed by atoms with E-state index in [-0.39, 0.29) is 25.0 Å². The van der Waals surface area contributed by atoms with Crippen molar-refractivity contribution in [3.05, 3.63) is 77.9 Å². The Balaban J connectivity index is 1.50. The molecule has 154 valence electrons. The van der Waals surface area contributed by atoms with Crippen molar-refractivity contribution in [2.24, 2.45) is 0 Å². The van der Waals surface area contributed by atoms with Gasteiger partial charge < -0.3 is 20.1 Å². The molecule has 0 fully saturated rings. The third-order valence-corrected chi connectivity index (χ3v) is 4.19. The van der Waals surface area contributed by atoms with E-state index in [1.807, 2.05) is 50.2 Å². The van der Waals surface area contributed by atoms with Crippen LogP contribution in [-0.4, -0.2) is 30.0 Å². The Morgan fingerprint density at radius 2 is 1.13 bits per heavy atom. The molecule has 3 aromatic rings. The Labute approximate surface area is 175 Å². The fourth-order valence-electron chi connectivity index (χ4n) is 2.66. The molecule has 0 saturated carbocycles. The van der Waals surface area contributed by atoms with E-state index < -0.39 is 0 Å². The van der Waals surface area contributed by atoms with Gasteiger partial charge in [0.05, 0.1) is 0 Å². The summed E-state index contributed by atoms with van der Waals surface area (Å²) >= 11 is 0. The molecule has 1 heterocycles. The van der Waals surface area contributed by atoms with E-state index in [0.717, 1.165) is 11.1 Å². The van der Waals surface area contributed by atoms with Gasteiger partial charge in [-0.25, -0.2) is 4.98 Å². The van der Waals surface area contributed by atoms with Crippen LogP contribution in [0.25, 0.3) is 0 Å². The SMILES string of the molecule is Cc1ccccc1OCC(=O)Nc1cccc(NC(=O)COc2ccccc2C)n1. The van der Waals surface area contributed by atoms with Crippen molar-refractivity contribution in [2.75, 3.05) is 23.8 Å². The van der Waals surface area contributed by atoms with Crippen molar-refractivity contribution in [3.8, 4) is 11.5 Å². The van der Waals surface area contributed by atoms with Crippen LogP contribution in [0.15, 0.2) is 66.7 Å². The molecule has 0 aliphatic heterocycles. The molecule has 3 rings (SSSR count). The van der Waals surface area contributed by atoms with Gasteiger partial charge in [0.25, 0.3) is 11.8 Å². The molecular weight excluding hydrogens is 382 g/mol. The monoisotopic (exact) mass is 405 g/mol. The number of nitrogens with zero attached hydrogens (tertiary/aromatic N) is 1. The number of carbonyl (C=O) groups excluding carboxylic acids is 2. The Bertz CT molecular complexity index is 957. The summed E-state index contributed by atoms with van der Waals surface area (Å²) in [5.41, 5.74) is 1.89. The largest absolute Gasteiger partial charge is 0.483 e. The lowest BCUT2D eigenvalue weighted by atomic mass is 10.2. The quantitative estimate of drug-likeness (QED) is 0.596. The number of aromatic nitrogens is 1. The smallest absolute Gasteiger partial charge is 0.263 e. The van der Waals surface area contributed by atoms with Crippen molar-refractivity contribution >= 4 is 23.5 Å². The Kier molecular flexibility index (Phi) is 7.00. The second-order valence-corrected chi connectivity index (χ2v) is 6.61. The van der Waals surface area contributed by atoms with Crippen LogP contribution in [0.5, 0.6) is 11.5 Å². The zero-order valence-electron chi connectivity index (χ0n) is 16.8. The number of nitrogens with one attached hydrogen (secondary N) is 2. The summed E-state index contributed by atoms with van der Waals surface area (Å²) in [6, 6.07) is 19.8. The molecule has 1 aromatic heterocycles. The molecule has 0 atom stereocenters. The summed E-state index contributed by atoms with van der Waals surface area (Å²) in [7, 11) is 0. The van der Waals surface area contributed by atoms with Crippen LogP contribution >= 0.6 is 0 Å². The van der Waals surface area contributed by atoms with Crippen molar-refractivity contribution < 1.29 is 19.1 Å². The highest BCUT2D eigenvalue weighted by Crippen LogP contribution is 2.17. The summed E-state index contributed by atoms with van der Waals surface area (Å²) < 4.78 is 11.0. The molecule has 0 saturated heterocycles. The Morgan fingerprint density at radius 3 is 1.57 bits per heavy atom. The highest BCUT2D eigenvalue weighted by molar-refractivity contribution is 5.93.